The maximum atomic E-state index is 5.55. The quantitative estimate of drug-likeness (QED) is 0.451. The summed E-state index contributed by atoms with van der Waals surface area (Å²) in [6, 6.07) is 14.9. The Hall–Kier alpha value is -3.00. The number of ether oxygens (including phenoxy) is 3. The van der Waals surface area contributed by atoms with Gasteiger partial charge in [-0.25, -0.2) is 9.97 Å². The summed E-state index contributed by atoms with van der Waals surface area (Å²) in [6.45, 7) is 4.91. The van der Waals surface area contributed by atoms with Crippen LogP contribution in [-0.4, -0.2) is 48.0 Å². The minimum Gasteiger partial charge on any atom is -0.454 e. The van der Waals surface area contributed by atoms with Crippen LogP contribution in [0.25, 0.3) is 21.3 Å². The Morgan fingerprint density at radius 3 is 2.62 bits per heavy atom. The van der Waals surface area contributed by atoms with Crippen molar-refractivity contribution in [3.8, 4) is 22.6 Å². The maximum Gasteiger partial charge on any atom is 0.231 e. The number of rotatable bonds is 5. The monoisotopic (exact) mass is 445 g/mol. The molecule has 7 heteroatoms. The lowest BCUT2D eigenvalue weighted by Crippen LogP contribution is -2.35. The van der Waals surface area contributed by atoms with Crippen LogP contribution >= 0.6 is 11.3 Å². The van der Waals surface area contributed by atoms with Gasteiger partial charge in [0.25, 0.3) is 0 Å². The molecule has 4 aromatic rings. The van der Waals surface area contributed by atoms with E-state index in [0.29, 0.717) is 6.42 Å². The van der Waals surface area contributed by atoms with E-state index in [4.69, 9.17) is 19.2 Å². The van der Waals surface area contributed by atoms with E-state index in [-0.39, 0.29) is 6.79 Å². The van der Waals surface area contributed by atoms with Gasteiger partial charge in [-0.3, -0.25) is 4.90 Å². The van der Waals surface area contributed by atoms with E-state index in [2.05, 4.69) is 45.6 Å². The molecule has 0 unspecified atom stereocenters. The molecule has 0 spiro atoms. The largest absolute Gasteiger partial charge is 0.454 e. The summed E-state index contributed by atoms with van der Waals surface area (Å²) in [5, 5.41) is 2.14. The molecule has 0 amide bonds. The number of morpholine rings is 1. The molecule has 0 aliphatic carbocycles. The zero-order chi connectivity index (χ0) is 21.3. The number of hydrogen-bond acceptors (Lipinski definition) is 7. The number of nitrogens with zero attached hydrogens (tertiary/aromatic N) is 3. The normalized spacial score (nSPS) is 16.0. The third-order valence-corrected chi connectivity index (χ3v) is 6.85. The van der Waals surface area contributed by atoms with Crippen molar-refractivity contribution >= 4 is 21.6 Å². The lowest BCUT2D eigenvalue weighted by atomic mass is 10.1. The lowest BCUT2D eigenvalue weighted by molar-refractivity contribution is 0.0342. The standard InChI is InChI=1S/C25H23N3O3S/c1-3-18(14-28-7-9-29-10-8-28)4-2-17(1)11-24-26-13-23-25(27-24)20(15-32-23)19-5-6-21-22(12-19)31-16-30-21/h1-6,12-13,15H,7-11,14,16H2. The Labute approximate surface area is 190 Å². The molecule has 0 saturated carbocycles. The Bertz CT molecular complexity index is 1250. The van der Waals surface area contributed by atoms with Crippen LogP contribution in [-0.2, 0) is 17.7 Å². The second kappa shape index (κ2) is 8.50. The summed E-state index contributed by atoms with van der Waals surface area (Å²) in [7, 11) is 0. The molecule has 2 aromatic carbocycles. The SMILES string of the molecule is c1cc(CN2CCOCC2)ccc1Cc1ncc2scc(-c3ccc4c(c3)OCO4)c2n1. The molecule has 1 fully saturated rings. The molecule has 32 heavy (non-hydrogen) atoms. The van der Waals surface area contributed by atoms with E-state index in [1.165, 1.54) is 11.1 Å². The highest BCUT2D eigenvalue weighted by molar-refractivity contribution is 7.17. The zero-order valence-corrected chi connectivity index (χ0v) is 18.4. The second-order valence-electron chi connectivity index (χ2n) is 8.10. The van der Waals surface area contributed by atoms with E-state index in [1.807, 2.05) is 18.3 Å². The van der Waals surface area contributed by atoms with Crippen LogP contribution in [0.4, 0.5) is 0 Å². The predicted octanol–water partition coefficient (Wildman–Crippen LogP) is 4.51. The van der Waals surface area contributed by atoms with Gasteiger partial charge >= 0.3 is 0 Å². The van der Waals surface area contributed by atoms with Crippen molar-refractivity contribution in [2.45, 2.75) is 13.0 Å². The fraction of sp³-hybridized carbons (Fsp3) is 0.280. The molecule has 0 atom stereocenters. The van der Waals surface area contributed by atoms with Crippen LogP contribution in [0.15, 0.2) is 54.0 Å². The van der Waals surface area contributed by atoms with E-state index in [1.54, 1.807) is 11.3 Å². The minimum absolute atomic E-state index is 0.278. The number of fused-ring (bicyclic) bond motifs is 2. The molecule has 0 radical (unpaired) electrons. The van der Waals surface area contributed by atoms with Crippen molar-refractivity contribution in [1.29, 1.82) is 0 Å². The number of benzene rings is 2. The highest BCUT2D eigenvalue weighted by Crippen LogP contribution is 2.39. The lowest BCUT2D eigenvalue weighted by Gasteiger charge is -2.26. The van der Waals surface area contributed by atoms with Gasteiger partial charge in [0.05, 0.1) is 23.4 Å². The van der Waals surface area contributed by atoms with Gasteiger partial charge in [0.1, 0.15) is 5.82 Å². The topological polar surface area (TPSA) is 56.7 Å². The first-order valence-corrected chi connectivity index (χ1v) is 11.7. The molecule has 2 aliphatic heterocycles. The smallest absolute Gasteiger partial charge is 0.231 e. The van der Waals surface area contributed by atoms with Crippen LogP contribution in [0, 0.1) is 0 Å². The highest BCUT2D eigenvalue weighted by atomic mass is 32.1. The van der Waals surface area contributed by atoms with Crippen molar-refractivity contribution in [2.24, 2.45) is 0 Å². The van der Waals surface area contributed by atoms with Gasteiger partial charge in [0.15, 0.2) is 11.5 Å². The average Bonchev–Trinajstić information content (AvgIpc) is 3.47. The molecule has 162 valence electrons. The maximum absolute atomic E-state index is 5.55. The van der Waals surface area contributed by atoms with Crippen molar-refractivity contribution in [3.63, 3.8) is 0 Å². The Morgan fingerprint density at radius 2 is 1.75 bits per heavy atom. The highest BCUT2D eigenvalue weighted by Gasteiger charge is 2.17. The molecule has 6 rings (SSSR count). The van der Waals surface area contributed by atoms with Crippen molar-refractivity contribution in [2.75, 3.05) is 33.1 Å². The van der Waals surface area contributed by atoms with Gasteiger partial charge in [0, 0.05) is 43.2 Å². The van der Waals surface area contributed by atoms with Gasteiger partial charge in [0.2, 0.25) is 6.79 Å². The first-order chi connectivity index (χ1) is 15.8. The van der Waals surface area contributed by atoms with Gasteiger partial charge < -0.3 is 14.2 Å². The molecule has 6 nitrogen and oxygen atoms in total. The van der Waals surface area contributed by atoms with Crippen LogP contribution in [0.2, 0.25) is 0 Å². The number of hydrogen-bond donors (Lipinski definition) is 0. The first kappa shape index (κ1) is 19.7. The Morgan fingerprint density at radius 1 is 0.938 bits per heavy atom. The average molecular weight is 446 g/mol. The molecular formula is C25H23N3O3S. The van der Waals surface area contributed by atoms with Gasteiger partial charge in [-0.2, -0.15) is 0 Å². The summed E-state index contributed by atoms with van der Waals surface area (Å²) in [6.07, 6.45) is 2.65. The van der Waals surface area contributed by atoms with E-state index < -0.39 is 0 Å². The molecule has 4 heterocycles. The summed E-state index contributed by atoms with van der Waals surface area (Å²) in [5.41, 5.74) is 5.72. The summed E-state index contributed by atoms with van der Waals surface area (Å²) >= 11 is 1.66. The molecule has 0 bridgehead atoms. The van der Waals surface area contributed by atoms with E-state index in [0.717, 1.165) is 71.5 Å². The van der Waals surface area contributed by atoms with Crippen LogP contribution in [0.5, 0.6) is 11.5 Å². The Balaban J connectivity index is 1.22. The molecule has 0 N–H and O–H groups in total. The fourth-order valence-electron chi connectivity index (χ4n) is 4.18. The zero-order valence-electron chi connectivity index (χ0n) is 17.6. The summed E-state index contributed by atoms with van der Waals surface area (Å²) in [5.74, 6) is 2.41. The van der Waals surface area contributed by atoms with Gasteiger partial charge in [-0.05, 0) is 28.8 Å². The van der Waals surface area contributed by atoms with Gasteiger partial charge in [-0.1, -0.05) is 30.3 Å². The number of aromatic nitrogens is 2. The predicted molar refractivity (Wildman–Crippen MR) is 124 cm³/mol. The minimum atomic E-state index is 0.278. The van der Waals surface area contributed by atoms with E-state index >= 15 is 0 Å². The second-order valence-corrected chi connectivity index (χ2v) is 9.01. The van der Waals surface area contributed by atoms with Gasteiger partial charge in [-0.15, -0.1) is 11.3 Å². The van der Waals surface area contributed by atoms with Crippen LogP contribution in [0.3, 0.4) is 0 Å². The fourth-order valence-corrected chi connectivity index (χ4v) is 5.05. The third-order valence-electron chi connectivity index (χ3n) is 5.94. The van der Waals surface area contributed by atoms with Crippen LogP contribution < -0.4 is 9.47 Å². The summed E-state index contributed by atoms with van der Waals surface area (Å²) < 4.78 is 17.5. The van der Waals surface area contributed by atoms with Crippen LogP contribution in [0.1, 0.15) is 17.0 Å². The number of thiophene rings is 1. The molecule has 2 aliphatic rings. The molecular weight excluding hydrogens is 422 g/mol. The summed E-state index contributed by atoms with van der Waals surface area (Å²) in [4.78, 5) is 12.0. The molecule has 2 aromatic heterocycles. The Kier molecular flexibility index (Phi) is 5.23. The first-order valence-electron chi connectivity index (χ1n) is 10.8. The van der Waals surface area contributed by atoms with Crippen molar-refractivity contribution < 1.29 is 14.2 Å². The van der Waals surface area contributed by atoms with Crippen molar-refractivity contribution in [1.82, 2.24) is 14.9 Å². The van der Waals surface area contributed by atoms with Crippen molar-refractivity contribution in [3.05, 3.63) is 71.0 Å². The molecule has 1 saturated heterocycles. The third kappa shape index (κ3) is 3.95. The van der Waals surface area contributed by atoms with E-state index in [9.17, 15) is 0 Å².